The Hall–Kier alpha value is -2.52. The maximum Gasteiger partial charge on any atom is 0.387 e. The molecule has 0 atom stereocenters. The van der Waals surface area contributed by atoms with Crippen molar-refractivity contribution in [2.24, 2.45) is 0 Å². The fourth-order valence-electron chi connectivity index (χ4n) is 3.05. The molecule has 2 aromatic rings. The number of carbonyl (C=O) groups is 1. The number of sulfonamides is 1. The molecule has 0 radical (unpaired) electrons. The van der Waals surface area contributed by atoms with Crippen LogP contribution in [0.3, 0.4) is 0 Å². The first kappa shape index (κ1) is 20.2. The molecule has 2 aromatic carbocycles. The van der Waals surface area contributed by atoms with E-state index in [0.717, 1.165) is 19.3 Å². The largest absolute Gasteiger partial charge is 0.435 e. The third-order valence-corrected chi connectivity index (χ3v) is 6.35. The summed E-state index contributed by atoms with van der Waals surface area (Å²) in [5.74, 6) is -0.780. The number of rotatable bonds is 6. The standard InChI is InChI=1S/C19H20F2N2O4S/c20-19(21)27-15-8-6-7-14(13-15)18(24)22-16-9-2-3-10-17(16)28(25,26)23-11-4-1-5-12-23/h2-3,6-10,13,19H,1,4-5,11-12H2,(H,22,24). The quantitative estimate of drug-likeness (QED) is 0.788. The molecule has 0 saturated carbocycles. The second-order valence-electron chi connectivity index (χ2n) is 6.32. The van der Waals surface area contributed by atoms with Gasteiger partial charge in [0, 0.05) is 18.7 Å². The number of ether oxygens (including phenoxy) is 1. The summed E-state index contributed by atoms with van der Waals surface area (Å²) in [6.45, 7) is -2.12. The Morgan fingerprint density at radius 2 is 1.75 bits per heavy atom. The SMILES string of the molecule is O=C(Nc1ccccc1S(=O)(=O)N1CCCCC1)c1cccc(OC(F)F)c1. The molecule has 1 amide bonds. The van der Waals surface area contributed by atoms with Gasteiger partial charge in [-0.05, 0) is 43.2 Å². The highest BCUT2D eigenvalue weighted by atomic mass is 32.2. The van der Waals surface area contributed by atoms with Crippen molar-refractivity contribution in [2.75, 3.05) is 18.4 Å². The minimum Gasteiger partial charge on any atom is -0.435 e. The molecular formula is C19H20F2N2O4S. The lowest BCUT2D eigenvalue weighted by Crippen LogP contribution is -2.36. The van der Waals surface area contributed by atoms with Gasteiger partial charge in [0.15, 0.2) is 0 Å². The number of nitrogens with one attached hydrogen (secondary N) is 1. The van der Waals surface area contributed by atoms with Crippen molar-refractivity contribution in [1.29, 1.82) is 0 Å². The summed E-state index contributed by atoms with van der Waals surface area (Å²) >= 11 is 0. The summed E-state index contributed by atoms with van der Waals surface area (Å²) < 4.78 is 56.4. The van der Waals surface area contributed by atoms with E-state index in [-0.39, 0.29) is 21.9 Å². The van der Waals surface area contributed by atoms with E-state index < -0.39 is 22.5 Å². The first-order chi connectivity index (χ1) is 13.4. The maximum absolute atomic E-state index is 13.0. The number of halogens is 2. The summed E-state index contributed by atoms with van der Waals surface area (Å²) in [5.41, 5.74) is 0.210. The van der Waals surface area contributed by atoms with Gasteiger partial charge in [0.2, 0.25) is 10.0 Å². The number of hydrogen-bond acceptors (Lipinski definition) is 4. The Morgan fingerprint density at radius 3 is 2.46 bits per heavy atom. The Morgan fingerprint density at radius 1 is 1.04 bits per heavy atom. The minimum absolute atomic E-state index is 0.00485. The monoisotopic (exact) mass is 410 g/mol. The summed E-state index contributed by atoms with van der Waals surface area (Å²) in [4.78, 5) is 12.5. The van der Waals surface area contributed by atoms with Crippen LogP contribution >= 0.6 is 0 Å². The van der Waals surface area contributed by atoms with Crippen molar-refractivity contribution in [3.05, 3.63) is 54.1 Å². The molecule has 0 unspecified atom stereocenters. The van der Waals surface area contributed by atoms with Crippen LogP contribution in [-0.4, -0.2) is 38.3 Å². The van der Waals surface area contributed by atoms with Gasteiger partial charge in [-0.1, -0.05) is 24.6 Å². The summed E-state index contributed by atoms with van der Waals surface area (Å²) in [6.07, 6.45) is 2.58. The van der Waals surface area contributed by atoms with E-state index in [2.05, 4.69) is 10.1 Å². The Bertz CT molecular complexity index is 944. The van der Waals surface area contributed by atoms with Crippen LogP contribution in [0.15, 0.2) is 53.4 Å². The average molecular weight is 410 g/mol. The number of hydrogen-bond donors (Lipinski definition) is 1. The van der Waals surface area contributed by atoms with Crippen LogP contribution in [0.2, 0.25) is 0 Å². The van der Waals surface area contributed by atoms with Crippen molar-refractivity contribution in [1.82, 2.24) is 4.31 Å². The molecule has 1 heterocycles. The first-order valence-corrected chi connectivity index (χ1v) is 10.3. The highest BCUT2D eigenvalue weighted by Crippen LogP contribution is 2.27. The average Bonchev–Trinajstić information content (AvgIpc) is 2.68. The van der Waals surface area contributed by atoms with Gasteiger partial charge < -0.3 is 10.1 Å². The fraction of sp³-hybridized carbons (Fsp3) is 0.316. The van der Waals surface area contributed by atoms with E-state index in [1.807, 2.05) is 0 Å². The third kappa shape index (κ3) is 4.66. The Kier molecular flexibility index (Phi) is 6.25. The lowest BCUT2D eigenvalue weighted by Gasteiger charge is -2.26. The van der Waals surface area contributed by atoms with Crippen LogP contribution in [0.1, 0.15) is 29.6 Å². The molecule has 0 aliphatic carbocycles. The second kappa shape index (κ2) is 8.66. The molecular weight excluding hydrogens is 390 g/mol. The predicted molar refractivity (Wildman–Crippen MR) is 100 cm³/mol. The molecule has 28 heavy (non-hydrogen) atoms. The van der Waals surface area contributed by atoms with Gasteiger partial charge in [0.25, 0.3) is 5.91 Å². The van der Waals surface area contributed by atoms with E-state index in [0.29, 0.717) is 13.1 Å². The zero-order valence-electron chi connectivity index (χ0n) is 15.0. The number of amides is 1. The Balaban J connectivity index is 1.84. The van der Waals surface area contributed by atoms with E-state index in [1.165, 1.54) is 40.7 Å². The lowest BCUT2D eigenvalue weighted by molar-refractivity contribution is -0.0498. The predicted octanol–water partition coefficient (Wildman–Crippen LogP) is 3.71. The van der Waals surface area contributed by atoms with Crippen molar-refractivity contribution in [3.8, 4) is 5.75 Å². The van der Waals surface area contributed by atoms with Crippen molar-refractivity contribution in [3.63, 3.8) is 0 Å². The molecule has 1 aliphatic rings. The maximum atomic E-state index is 13.0. The number of benzene rings is 2. The summed E-state index contributed by atoms with van der Waals surface area (Å²) in [6, 6.07) is 11.4. The normalized spacial score (nSPS) is 15.4. The van der Waals surface area contributed by atoms with E-state index in [4.69, 9.17) is 0 Å². The van der Waals surface area contributed by atoms with E-state index >= 15 is 0 Å². The van der Waals surface area contributed by atoms with Crippen LogP contribution in [0.5, 0.6) is 5.75 Å². The molecule has 0 aromatic heterocycles. The van der Waals surface area contributed by atoms with Crippen molar-refractivity contribution < 1.29 is 26.7 Å². The second-order valence-corrected chi connectivity index (χ2v) is 8.23. The molecule has 150 valence electrons. The molecule has 1 aliphatic heterocycles. The highest BCUT2D eigenvalue weighted by molar-refractivity contribution is 7.89. The summed E-state index contributed by atoms with van der Waals surface area (Å²) in [7, 11) is -3.75. The number of nitrogens with zero attached hydrogens (tertiary/aromatic N) is 1. The molecule has 1 fully saturated rings. The molecule has 6 nitrogen and oxygen atoms in total. The van der Waals surface area contributed by atoms with Gasteiger partial charge in [-0.25, -0.2) is 8.42 Å². The zero-order valence-corrected chi connectivity index (χ0v) is 15.8. The number of alkyl halides is 2. The Labute approximate surface area is 162 Å². The highest BCUT2D eigenvalue weighted by Gasteiger charge is 2.28. The van der Waals surface area contributed by atoms with Gasteiger partial charge in [0.1, 0.15) is 10.6 Å². The molecule has 3 rings (SSSR count). The minimum atomic E-state index is -3.75. The molecule has 1 N–H and O–H groups in total. The zero-order chi connectivity index (χ0) is 20.1. The molecule has 0 spiro atoms. The number of para-hydroxylation sites is 1. The van der Waals surface area contributed by atoms with E-state index in [9.17, 15) is 22.0 Å². The third-order valence-electron chi connectivity index (χ3n) is 4.39. The van der Waals surface area contributed by atoms with Gasteiger partial charge >= 0.3 is 6.61 Å². The van der Waals surface area contributed by atoms with Gasteiger partial charge in [-0.3, -0.25) is 4.79 Å². The molecule has 1 saturated heterocycles. The van der Waals surface area contributed by atoms with Gasteiger partial charge in [-0.15, -0.1) is 0 Å². The van der Waals surface area contributed by atoms with Crippen LogP contribution < -0.4 is 10.1 Å². The molecule has 9 heteroatoms. The van der Waals surface area contributed by atoms with Crippen molar-refractivity contribution in [2.45, 2.75) is 30.8 Å². The van der Waals surface area contributed by atoms with Crippen LogP contribution in [0.25, 0.3) is 0 Å². The van der Waals surface area contributed by atoms with Crippen LogP contribution in [0.4, 0.5) is 14.5 Å². The summed E-state index contributed by atoms with van der Waals surface area (Å²) in [5, 5.41) is 2.56. The molecule has 0 bridgehead atoms. The van der Waals surface area contributed by atoms with Crippen molar-refractivity contribution >= 4 is 21.6 Å². The lowest BCUT2D eigenvalue weighted by atomic mass is 10.2. The number of carbonyl (C=O) groups excluding carboxylic acids is 1. The smallest absolute Gasteiger partial charge is 0.387 e. The van der Waals surface area contributed by atoms with Crippen LogP contribution in [0, 0.1) is 0 Å². The number of piperidine rings is 1. The topological polar surface area (TPSA) is 75.7 Å². The van der Waals surface area contributed by atoms with E-state index in [1.54, 1.807) is 12.1 Å². The van der Waals surface area contributed by atoms with Gasteiger partial charge in [-0.2, -0.15) is 13.1 Å². The first-order valence-electron chi connectivity index (χ1n) is 8.83. The van der Waals surface area contributed by atoms with Crippen LogP contribution in [-0.2, 0) is 10.0 Å². The fourth-order valence-corrected chi connectivity index (χ4v) is 4.71. The van der Waals surface area contributed by atoms with Gasteiger partial charge in [0.05, 0.1) is 5.69 Å². The number of anilines is 1.